The van der Waals surface area contributed by atoms with Crippen molar-refractivity contribution in [2.24, 2.45) is 0 Å². The number of anilines is 1. The van der Waals surface area contributed by atoms with Gasteiger partial charge >= 0.3 is 0 Å². The molecule has 0 radical (unpaired) electrons. The molecule has 3 N–H and O–H groups in total. The van der Waals surface area contributed by atoms with Crippen LogP contribution in [0.1, 0.15) is 19.3 Å². The number of aliphatic hydroxyl groups is 1. The summed E-state index contributed by atoms with van der Waals surface area (Å²) in [7, 11) is 0. The lowest BCUT2D eigenvalue weighted by atomic mass is 9.80. The summed E-state index contributed by atoms with van der Waals surface area (Å²) < 4.78 is 0.526. The molecule has 6 heteroatoms. The van der Waals surface area contributed by atoms with Crippen LogP contribution in [0.25, 0.3) is 0 Å². The average Bonchev–Trinajstić information content (AvgIpc) is 2.17. The van der Waals surface area contributed by atoms with Crippen LogP contribution in [0, 0.1) is 3.57 Å². The molecule has 1 aliphatic rings. The van der Waals surface area contributed by atoms with Crippen LogP contribution in [0.4, 0.5) is 5.82 Å². The molecule has 15 heavy (non-hydrogen) atoms. The standard InChI is InChI=1S/C9H12IN3O2/c10-6-7(12-5-13-8(6)14)11-4-9(15)2-1-3-9/h5,15H,1-4H2,(H2,11,12,13,14). The number of rotatable bonds is 3. The Morgan fingerprint density at radius 3 is 3.00 bits per heavy atom. The summed E-state index contributed by atoms with van der Waals surface area (Å²) in [4.78, 5) is 17.7. The minimum atomic E-state index is -0.604. The van der Waals surface area contributed by atoms with Crippen molar-refractivity contribution in [3.8, 4) is 0 Å². The number of aromatic nitrogens is 2. The predicted octanol–water partition coefficient (Wildman–Crippen LogP) is 0.701. The second kappa shape index (κ2) is 4.09. The Labute approximate surface area is 100 Å². The van der Waals surface area contributed by atoms with Gasteiger partial charge in [-0.2, -0.15) is 0 Å². The fourth-order valence-electron chi connectivity index (χ4n) is 1.52. The van der Waals surface area contributed by atoms with Gasteiger partial charge in [0.2, 0.25) is 0 Å². The van der Waals surface area contributed by atoms with Crippen LogP contribution < -0.4 is 10.9 Å². The molecule has 1 aromatic rings. The van der Waals surface area contributed by atoms with Crippen molar-refractivity contribution >= 4 is 28.4 Å². The second-order valence-corrected chi connectivity index (χ2v) is 4.90. The molecule has 0 unspecified atom stereocenters. The zero-order chi connectivity index (χ0) is 10.9. The van der Waals surface area contributed by atoms with Crippen molar-refractivity contribution in [1.82, 2.24) is 9.97 Å². The van der Waals surface area contributed by atoms with Gasteiger partial charge in [-0.15, -0.1) is 0 Å². The van der Waals surface area contributed by atoms with Gasteiger partial charge in [0.15, 0.2) is 0 Å². The Morgan fingerprint density at radius 2 is 2.40 bits per heavy atom. The van der Waals surface area contributed by atoms with Crippen LogP contribution in [-0.4, -0.2) is 27.2 Å². The van der Waals surface area contributed by atoms with Crippen molar-refractivity contribution in [3.05, 3.63) is 20.3 Å². The highest BCUT2D eigenvalue weighted by molar-refractivity contribution is 14.1. The summed E-state index contributed by atoms with van der Waals surface area (Å²) in [6.45, 7) is 0.458. The summed E-state index contributed by atoms with van der Waals surface area (Å²) in [6.07, 6.45) is 4.06. The normalized spacial score (nSPS) is 18.3. The third-order valence-electron chi connectivity index (χ3n) is 2.67. The summed E-state index contributed by atoms with van der Waals surface area (Å²) in [5, 5.41) is 12.9. The largest absolute Gasteiger partial charge is 0.388 e. The smallest absolute Gasteiger partial charge is 0.266 e. The molecule has 1 saturated carbocycles. The number of nitrogens with one attached hydrogen (secondary N) is 2. The van der Waals surface area contributed by atoms with Crippen molar-refractivity contribution < 1.29 is 5.11 Å². The Hall–Kier alpha value is -0.630. The van der Waals surface area contributed by atoms with Gasteiger partial charge in [-0.3, -0.25) is 4.79 Å². The number of H-pyrrole nitrogens is 1. The van der Waals surface area contributed by atoms with Gasteiger partial charge in [0.25, 0.3) is 5.56 Å². The molecule has 1 aromatic heterocycles. The number of halogens is 1. The highest BCUT2D eigenvalue weighted by atomic mass is 127. The summed E-state index contributed by atoms with van der Waals surface area (Å²) in [5.74, 6) is 0.541. The van der Waals surface area contributed by atoms with Gasteiger partial charge in [0.1, 0.15) is 9.39 Å². The van der Waals surface area contributed by atoms with E-state index < -0.39 is 5.60 Å². The van der Waals surface area contributed by atoms with E-state index in [1.54, 1.807) is 0 Å². The van der Waals surface area contributed by atoms with Crippen LogP contribution in [-0.2, 0) is 0 Å². The third kappa shape index (κ3) is 2.31. The van der Waals surface area contributed by atoms with Crippen LogP contribution in [0.15, 0.2) is 11.1 Å². The highest BCUT2D eigenvalue weighted by Gasteiger charge is 2.34. The Bertz CT molecular complexity index is 414. The van der Waals surface area contributed by atoms with Gasteiger partial charge < -0.3 is 15.4 Å². The summed E-state index contributed by atoms with van der Waals surface area (Å²) >= 11 is 1.94. The molecule has 1 fully saturated rings. The van der Waals surface area contributed by atoms with E-state index in [-0.39, 0.29) is 5.56 Å². The van der Waals surface area contributed by atoms with Crippen molar-refractivity contribution in [3.63, 3.8) is 0 Å². The SMILES string of the molecule is O=c1[nH]cnc(NCC2(O)CCC2)c1I. The molecule has 0 bridgehead atoms. The van der Waals surface area contributed by atoms with Gasteiger partial charge in [0.05, 0.1) is 11.9 Å². The average molecular weight is 321 g/mol. The molecule has 0 atom stereocenters. The monoisotopic (exact) mass is 321 g/mol. The van der Waals surface area contributed by atoms with E-state index in [1.165, 1.54) is 6.33 Å². The van der Waals surface area contributed by atoms with E-state index in [1.807, 2.05) is 22.6 Å². The first-order valence-electron chi connectivity index (χ1n) is 4.80. The minimum Gasteiger partial charge on any atom is -0.388 e. The van der Waals surface area contributed by atoms with Crippen LogP contribution in [0.5, 0.6) is 0 Å². The first-order chi connectivity index (χ1) is 7.11. The van der Waals surface area contributed by atoms with Gasteiger partial charge in [-0.05, 0) is 41.9 Å². The molecule has 0 spiro atoms. The van der Waals surface area contributed by atoms with E-state index in [9.17, 15) is 9.90 Å². The van der Waals surface area contributed by atoms with E-state index in [2.05, 4.69) is 15.3 Å². The first kappa shape index (κ1) is 10.9. The Morgan fingerprint density at radius 1 is 1.67 bits per heavy atom. The number of nitrogens with zero attached hydrogens (tertiary/aromatic N) is 1. The number of aromatic amines is 1. The number of hydrogen-bond donors (Lipinski definition) is 3. The minimum absolute atomic E-state index is 0.159. The quantitative estimate of drug-likeness (QED) is 0.716. The molecule has 5 nitrogen and oxygen atoms in total. The maximum Gasteiger partial charge on any atom is 0.266 e. The fourth-order valence-corrected chi connectivity index (χ4v) is 2.00. The maximum atomic E-state index is 11.2. The highest BCUT2D eigenvalue weighted by Crippen LogP contribution is 2.31. The molecule has 0 saturated heterocycles. The maximum absolute atomic E-state index is 11.2. The first-order valence-corrected chi connectivity index (χ1v) is 5.88. The van der Waals surface area contributed by atoms with Gasteiger partial charge in [-0.25, -0.2) is 4.98 Å². The number of hydrogen-bond acceptors (Lipinski definition) is 4. The van der Waals surface area contributed by atoms with E-state index in [0.29, 0.717) is 15.9 Å². The second-order valence-electron chi connectivity index (χ2n) is 3.83. The van der Waals surface area contributed by atoms with Gasteiger partial charge in [0, 0.05) is 6.54 Å². The van der Waals surface area contributed by atoms with Crippen molar-refractivity contribution in [2.75, 3.05) is 11.9 Å². The van der Waals surface area contributed by atoms with Crippen LogP contribution in [0.3, 0.4) is 0 Å². The van der Waals surface area contributed by atoms with Crippen LogP contribution >= 0.6 is 22.6 Å². The predicted molar refractivity (Wildman–Crippen MR) is 64.9 cm³/mol. The lowest BCUT2D eigenvalue weighted by Gasteiger charge is -2.36. The Balaban J connectivity index is 2.05. The van der Waals surface area contributed by atoms with Crippen molar-refractivity contribution in [1.29, 1.82) is 0 Å². The van der Waals surface area contributed by atoms with Crippen LogP contribution in [0.2, 0.25) is 0 Å². The summed E-state index contributed by atoms with van der Waals surface area (Å²) in [6, 6.07) is 0. The molecule has 82 valence electrons. The van der Waals surface area contributed by atoms with Crippen molar-refractivity contribution in [2.45, 2.75) is 24.9 Å². The molecule has 1 aliphatic carbocycles. The third-order valence-corrected chi connectivity index (χ3v) is 3.67. The molecule has 1 heterocycles. The molecule has 0 aromatic carbocycles. The zero-order valence-electron chi connectivity index (χ0n) is 8.09. The summed E-state index contributed by atoms with van der Waals surface area (Å²) in [5.41, 5.74) is -0.762. The lowest BCUT2D eigenvalue weighted by Crippen LogP contribution is -2.43. The van der Waals surface area contributed by atoms with Gasteiger partial charge in [-0.1, -0.05) is 0 Å². The topological polar surface area (TPSA) is 78.0 Å². The molecular formula is C9H12IN3O2. The molecule has 0 aliphatic heterocycles. The zero-order valence-corrected chi connectivity index (χ0v) is 10.2. The Kier molecular flexibility index (Phi) is 2.96. The molecule has 2 rings (SSSR count). The lowest BCUT2D eigenvalue weighted by molar-refractivity contribution is -0.0202. The molecule has 0 amide bonds. The fraction of sp³-hybridized carbons (Fsp3) is 0.556. The van der Waals surface area contributed by atoms with E-state index in [4.69, 9.17) is 0 Å². The molecular weight excluding hydrogens is 309 g/mol. The van der Waals surface area contributed by atoms with E-state index in [0.717, 1.165) is 19.3 Å². The van der Waals surface area contributed by atoms with E-state index >= 15 is 0 Å².